The van der Waals surface area contributed by atoms with Gasteiger partial charge in [-0.1, -0.05) is 0 Å². The molecule has 0 bridgehead atoms. The molecule has 0 saturated carbocycles. The zero-order chi connectivity index (χ0) is 11.8. The third kappa shape index (κ3) is 2.24. The Morgan fingerprint density at radius 3 is 2.76 bits per heavy atom. The zero-order valence-corrected chi connectivity index (χ0v) is 11.5. The lowest BCUT2D eigenvalue weighted by Crippen LogP contribution is -2.29. The van der Waals surface area contributed by atoms with Crippen LogP contribution in [-0.2, 0) is 0 Å². The second kappa shape index (κ2) is 4.42. The molecule has 3 rings (SSSR count). The lowest BCUT2D eigenvalue weighted by molar-refractivity contribution is 0.253. The molecule has 0 radical (unpaired) electrons. The molecule has 0 N–H and O–H groups in total. The van der Waals surface area contributed by atoms with Crippen LogP contribution in [0.2, 0.25) is 0 Å². The van der Waals surface area contributed by atoms with Gasteiger partial charge in [0.25, 0.3) is 0 Å². The van der Waals surface area contributed by atoms with E-state index in [2.05, 4.69) is 50.7 Å². The predicted octanol–water partition coefficient (Wildman–Crippen LogP) is 2.91. The molecule has 0 atom stereocenters. The minimum atomic E-state index is 0.630. The van der Waals surface area contributed by atoms with E-state index in [9.17, 15) is 0 Å². The standard InChI is InChI=1S/C13H16BrN3/c1-16-6-4-10(5-7-16)12-9-17-8-11(14)2-3-13(17)15-12/h2-3,8-10H,4-7H2,1H3. The maximum Gasteiger partial charge on any atom is 0.137 e. The van der Waals surface area contributed by atoms with Crippen LogP contribution in [0.15, 0.2) is 29.0 Å². The molecule has 0 spiro atoms. The summed E-state index contributed by atoms with van der Waals surface area (Å²) in [4.78, 5) is 7.12. The van der Waals surface area contributed by atoms with Crippen molar-refractivity contribution < 1.29 is 0 Å². The molecule has 90 valence electrons. The number of piperidine rings is 1. The number of halogens is 1. The number of likely N-dealkylation sites (tertiary alicyclic amines) is 1. The lowest BCUT2D eigenvalue weighted by atomic mass is 9.94. The van der Waals surface area contributed by atoms with E-state index in [0.29, 0.717) is 5.92 Å². The molecule has 3 heterocycles. The molecule has 1 fully saturated rings. The van der Waals surface area contributed by atoms with E-state index >= 15 is 0 Å². The first-order valence-electron chi connectivity index (χ1n) is 6.05. The molecule has 0 aromatic carbocycles. The fraction of sp³-hybridized carbons (Fsp3) is 0.462. The molecule has 1 aliphatic rings. The zero-order valence-electron chi connectivity index (χ0n) is 9.93. The van der Waals surface area contributed by atoms with E-state index < -0.39 is 0 Å². The van der Waals surface area contributed by atoms with Crippen LogP contribution >= 0.6 is 15.9 Å². The van der Waals surface area contributed by atoms with Crippen molar-refractivity contribution in [1.29, 1.82) is 0 Å². The molecule has 3 nitrogen and oxygen atoms in total. The highest BCUT2D eigenvalue weighted by atomic mass is 79.9. The number of hydrogen-bond acceptors (Lipinski definition) is 2. The molecule has 2 aromatic rings. The van der Waals surface area contributed by atoms with Crippen molar-refractivity contribution in [3.05, 3.63) is 34.7 Å². The fourth-order valence-electron chi connectivity index (χ4n) is 2.49. The number of aromatic nitrogens is 2. The van der Waals surface area contributed by atoms with Gasteiger partial charge in [-0.3, -0.25) is 0 Å². The maximum atomic E-state index is 4.73. The van der Waals surface area contributed by atoms with Gasteiger partial charge in [-0.25, -0.2) is 4.98 Å². The topological polar surface area (TPSA) is 20.5 Å². The Labute approximate surface area is 110 Å². The van der Waals surface area contributed by atoms with Crippen LogP contribution < -0.4 is 0 Å². The van der Waals surface area contributed by atoms with E-state index in [1.165, 1.54) is 31.6 Å². The van der Waals surface area contributed by atoms with E-state index in [0.717, 1.165) is 10.1 Å². The summed E-state index contributed by atoms with van der Waals surface area (Å²) in [7, 11) is 2.19. The van der Waals surface area contributed by atoms with E-state index in [-0.39, 0.29) is 0 Å². The minimum Gasteiger partial charge on any atom is -0.306 e. The molecule has 1 saturated heterocycles. The number of nitrogens with zero attached hydrogens (tertiary/aromatic N) is 3. The lowest BCUT2D eigenvalue weighted by Gasteiger charge is -2.27. The summed E-state index contributed by atoms with van der Waals surface area (Å²) in [6.07, 6.45) is 6.69. The smallest absolute Gasteiger partial charge is 0.137 e. The first-order chi connectivity index (χ1) is 8.22. The molecular formula is C13H16BrN3. The van der Waals surface area contributed by atoms with Gasteiger partial charge in [0.2, 0.25) is 0 Å². The molecule has 2 aromatic heterocycles. The fourth-order valence-corrected chi connectivity index (χ4v) is 2.84. The second-order valence-electron chi connectivity index (χ2n) is 4.86. The van der Waals surface area contributed by atoms with Gasteiger partial charge in [0.05, 0.1) is 5.69 Å². The van der Waals surface area contributed by atoms with Crippen LogP contribution in [0, 0.1) is 0 Å². The predicted molar refractivity (Wildman–Crippen MR) is 72.4 cm³/mol. The Hall–Kier alpha value is -0.870. The largest absolute Gasteiger partial charge is 0.306 e. The third-order valence-electron chi connectivity index (χ3n) is 3.57. The third-order valence-corrected chi connectivity index (χ3v) is 4.04. The highest BCUT2D eigenvalue weighted by Gasteiger charge is 2.20. The summed E-state index contributed by atoms with van der Waals surface area (Å²) >= 11 is 3.49. The number of imidazole rings is 1. The Balaban J connectivity index is 1.90. The van der Waals surface area contributed by atoms with Gasteiger partial charge in [-0.05, 0) is 61.0 Å². The molecule has 0 amide bonds. The molecule has 17 heavy (non-hydrogen) atoms. The second-order valence-corrected chi connectivity index (χ2v) is 5.77. The van der Waals surface area contributed by atoms with Gasteiger partial charge >= 0.3 is 0 Å². The van der Waals surface area contributed by atoms with E-state index in [1.54, 1.807) is 0 Å². The summed E-state index contributed by atoms with van der Waals surface area (Å²) in [6, 6.07) is 4.10. The molecule has 4 heteroatoms. The Kier molecular flexibility index (Phi) is 2.92. The average molecular weight is 294 g/mol. The highest BCUT2D eigenvalue weighted by Crippen LogP contribution is 2.27. The quantitative estimate of drug-likeness (QED) is 0.806. The van der Waals surface area contributed by atoms with E-state index in [1.807, 2.05) is 6.07 Å². The Morgan fingerprint density at radius 2 is 2.00 bits per heavy atom. The number of rotatable bonds is 1. The van der Waals surface area contributed by atoms with Crippen molar-refractivity contribution in [1.82, 2.24) is 14.3 Å². The van der Waals surface area contributed by atoms with Gasteiger partial charge in [0.1, 0.15) is 5.65 Å². The normalized spacial score (nSPS) is 18.9. The van der Waals surface area contributed by atoms with Crippen LogP contribution in [-0.4, -0.2) is 34.4 Å². The van der Waals surface area contributed by atoms with E-state index in [4.69, 9.17) is 4.98 Å². The minimum absolute atomic E-state index is 0.630. The van der Waals surface area contributed by atoms with Gasteiger partial charge < -0.3 is 9.30 Å². The van der Waals surface area contributed by atoms with Gasteiger partial charge in [0, 0.05) is 22.8 Å². The summed E-state index contributed by atoms with van der Waals surface area (Å²) < 4.78 is 3.20. The van der Waals surface area contributed by atoms with Gasteiger partial charge in [0.15, 0.2) is 0 Å². The van der Waals surface area contributed by atoms with Crippen LogP contribution in [0.4, 0.5) is 0 Å². The monoisotopic (exact) mass is 293 g/mol. The van der Waals surface area contributed by atoms with Crippen molar-refractivity contribution in [3.63, 3.8) is 0 Å². The van der Waals surface area contributed by atoms with Crippen LogP contribution in [0.1, 0.15) is 24.5 Å². The first kappa shape index (κ1) is 11.2. The molecule has 1 aliphatic heterocycles. The Morgan fingerprint density at radius 1 is 1.24 bits per heavy atom. The SMILES string of the molecule is CN1CCC(c2cn3cc(Br)ccc3n2)CC1. The van der Waals surface area contributed by atoms with Crippen LogP contribution in [0.5, 0.6) is 0 Å². The Bertz CT molecular complexity index is 526. The van der Waals surface area contributed by atoms with Crippen LogP contribution in [0.3, 0.4) is 0 Å². The number of fused-ring (bicyclic) bond motifs is 1. The summed E-state index contributed by atoms with van der Waals surface area (Å²) in [5.41, 5.74) is 2.29. The van der Waals surface area contributed by atoms with Crippen molar-refractivity contribution in [3.8, 4) is 0 Å². The number of hydrogen-bond donors (Lipinski definition) is 0. The highest BCUT2D eigenvalue weighted by molar-refractivity contribution is 9.10. The number of pyridine rings is 1. The van der Waals surface area contributed by atoms with Gasteiger partial charge in [-0.15, -0.1) is 0 Å². The maximum absolute atomic E-state index is 4.73. The summed E-state index contributed by atoms with van der Waals surface area (Å²) in [6.45, 7) is 2.37. The van der Waals surface area contributed by atoms with Crippen molar-refractivity contribution in [2.75, 3.05) is 20.1 Å². The summed E-state index contributed by atoms with van der Waals surface area (Å²) in [5.74, 6) is 0.630. The first-order valence-corrected chi connectivity index (χ1v) is 6.84. The molecule has 0 aliphatic carbocycles. The van der Waals surface area contributed by atoms with Crippen molar-refractivity contribution >= 4 is 21.6 Å². The van der Waals surface area contributed by atoms with Crippen molar-refractivity contribution in [2.24, 2.45) is 0 Å². The summed E-state index contributed by atoms with van der Waals surface area (Å²) in [5, 5.41) is 0. The van der Waals surface area contributed by atoms with Crippen molar-refractivity contribution in [2.45, 2.75) is 18.8 Å². The van der Waals surface area contributed by atoms with Crippen LogP contribution in [0.25, 0.3) is 5.65 Å². The molecular weight excluding hydrogens is 278 g/mol. The molecule has 0 unspecified atom stereocenters. The van der Waals surface area contributed by atoms with Gasteiger partial charge in [-0.2, -0.15) is 0 Å². The average Bonchev–Trinajstić information content (AvgIpc) is 2.72.